The first-order valence-corrected chi connectivity index (χ1v) is 9.10. The van der Waals surface area contributed by atoms with Gasteiger partial charge in [0.05, 0.1) is 5.21 Å². The van der Waals surface area contributed by atoms with Crippen LogP contribution in [0.25, 0.3) is 23.0 Å². The molecule has 0 fully saturated rings. The summed E-state index contributed by atoms with van der Waals surface area (Å²) in [6.07, 6.45) is 1.41. The number of halogens is 1. The van der Waals surface area contributed by atoms with Gasteiger partial charge in [0.25, 0.3) is 0 Å². The summed E-state index contributed by atoms with van der Waals surface area (Å²) < 4.78 is 3.11. The van der Waals surface area contributed by atoms with E-state index < -0.39 is 0 Å². The average molecular weight is 390 g/mol. The third-order valence-electron chi connectivity index (χ3n) is 4.37. The van der Waals surface area contributed by atoms with Crippen LogP contribution in [0.4, 0.5) is 0 Å². The highest BCUT2D eigenvalue weighted by molar-refractivity contribution is 6.30. The topological polar surface area (TPSA) is 61.8 Å². The lowest BCUT2D eigenvalue weighted by Gasteiger charge is -2.09. The second kappa shape index (κ2) is 7.66. The van der Waals surface area contributed by atoms with E-state index in [1.54, 1.807) is 41.1 Å². The molecule has 0 aliphatic heterocycles. The van der Waals surface area contributed by atoms with Crippen molar-refractivity contribution < 1.29 is 14.6 Å². The van der Waals surface area contributed by atoms with Gasteiger partial charge in [0, 0.05) is 10.6 Å². The van der Waals surface area contributed by atoms with E-state index in [-0.39, 0.29) is 18.1 Å². The molecule has 5 nitrogen and oxygen atoms in total. The van der Waals surface area contributed by atoms with Crippen LogP contribution in [0.3, 0.4) is 0 Å². The number of Topliss-reactive ketones (excluding diaryl/α,β-unsaturated/α-hetero) is 1. The summed E-state index contributed by atoms with van der Waals surface area (Å²) in [7, 11) is 0. The van der Waals surface area contributed by atoms with Crippen molar-refractivity contribution in [1.82, 2.24) is 9.90 Å². The fourth-order valence-electron chi connectivity index (χ4n) is 2.95. The van der Waals surface area contributed by atoms with Gasteiger partial charge < -0.3 is 5.11 Å². The lowest BCUT2D eigenvalue weighted by atomic mass is 10.1. The van der Waals surface area contributed by atoms with Gasteiger partial charge in [-0.1, -0.05) is 72.0 Å². The third-order valence-corrected chi connectivity index (χ3v) is 4.62. The van der Waals surface area contributed by atoms with Gasteiger partial charge in [0.15, 0.2) is 12.1 Å². The molecule has 0 radical (unpaired) electrons. The molecule has 6 heteroatoms. The fourth-order valence-corrected chi connectivity index (χ4v) is 3.08. The quantitative estimate of drug-likeness (QED) is 0.299. The summed E-state index contributed by atoms with van der Waals surface area (Å²) in [6.45, 7) is 0.0838. The molecule has 0 amide bonds. The summed E-state index contributed by atoms with van der Waals surface area (Å²) in [5.41, 5.74) is 2.64. The van der Waals surface area contributed by atoms with Crippen LogP contribution in [0.1, 0.15) is 15.9 Å². The largest absolute Gasteiger partial charge is 0.870 e. The van der Waals surface area contributed by atoms with Crippen LogP contribution < -0.4 is 9.79 Å². The van der Waals surface area contributed by atoms with Gasteiger partial charge in [0.2, 0.25) is 11.3 Å². The zero-order chi connectivity index (χ0) is 19.5. The minimum absolute atomic E-state index is 0.0509. The molecule has 28 heavy (non-hydrogen) atoms. The molecule has 1 aromatic heterocycles. The lowest BCUT2D eigenvalue weighted by molar-refractivity contribution is -0.719. The summed E-state index contributed by atoms with van der Waals surface area (Å²) in [6, 6.07) is 23.2. The molecule has 0 unspecified atom stereocenters. The van der Waals surface area contributed by atoms with Gasteiger partial charge >= 0.3 is 0 Å². The molecule has 0 atom stereocenters. The Morgan fingerprint density at radius 3 is 2.39 bits per heavy atom. The van der Waals surface area contributed by atoms with E-state index in [1.165, 1.54) is 10.9 Å². The lowest BCUT2D eigenvalue weighted by Crippen LogP contribution is -2.40. The number of carbonyl (C=O) groups excluding carboxylic acids is 1. The molecule has 0 aliphatic carbocycles. The van der Waals surface area contributed by atoms with E-state index in [9.17, 15) is 9.90 Å². The normalized spacial score (nSPS) is 11.7. The van der Waals surface area contributed by atoms with E-state index in [2.05, 4.69) is 5.21 Å². The standard InChI is InChI=1S/C22H16ClN3O2/c23-18-12-10-17(11-13-18)22(28)15-26-20-9-5-4-8-19(20)25(24-26)14-21(27)16-6-2-1-3-7-16/h1-13,15H,14H2. The van der Waals surface area contributed by atoms with Crippen molar-refractivity contribution in [2.45, 2.75) is 6.54 Å². The molecule has 3 aromatic carbocycles. The van der Waals surface area contributed by atoms with Crippen molar-refractivity contribution in [2.24, 2.45) is 0 Å². The van der Waals surface area contributed by atoms with Crippen molar-refractivity contribution >= 4 is 40.4 Å². The molecule has 0 saturated heterocycles. The predicted molar refractivity (Wildman–Crippen MR) is 106 cm³/mol. The average Bonchev–Trinajstić information content (AvgIpc) is 3.06. The van der Waals surface area contributed by atoms with Crippen molar-refractivity contribution in [1.29, 1.82) is 0 Å². The van der Waals surface area contributed by atoms with Crippen LogP contribution >= 0.6 is 11.6 Å². The predicted octanol–water partition coefficient (Wildman–Crippen LogP) is 3.18. The Hall–Kier alpha value is -3.44. The number of hydrogen-bond acceptors (Lipinski definition) is 3. The molecule has 0 aliphatic rings. The van der Waals surface area contributed by atoms with Crippen LogP contribution in [0.15, 0.2) is 78.9 Å². The second-order valence-electron chi connectivity index (χ2n) is 6.27. The molecular weight excluding hydrogens is 374 g/mol. The number of fused-ring (bicyclic) bond motifs is 1. The SMILES string of the molecule is O=C(C[n+]1nn(/C=C(\[O-])c2ccc(Cl)cc2)c2ccccc21)c1ccccc1. The summed E-state index contributed by atoms with van der Waals surface area (Å²) >= 11 is 5.88. The maximum absolute atomic E-state index is 12.6. The van der Waals surface area contributed by atoms with Crippen molar-refractivity contribution in [3.63, 3.8) is 0 Å². The maximum Gasteiger partial charge on any atom is 0.206 e. The molecular formula is C22H16ClN3O2. The molecule has 0 bridgehead atoms. The van der Waals surface area contributed by atoms with Gasteiger partial charge in [0.1, 0.15) is 6.20 Å². The zero-order valence-electron chi connectivity index (χ0n) is 14.8. The molecule has 4 aromatic rings. The molecule has 0 spiro atoms. The highest BCUT2D eigenvalue weighted by atomic mass is 35.5. The third kappa shape index (κ3) is 3.66. The second-order valence-corrected chi connectivity index (χ2v) is 6.71. The number of benzene rings is 3. The maximum atomic E-state index is 12.6. The van der Waals surface area contributed by atoms with Crippen molar-refractivity contribution in [2.75, 3.05) is 0 Å². The van der Waals surface area contributed by atoms with Gasteiger partial charge in [-0.15, -0.1) is 9.36 Å². The Bertz CT molecular complexity index is 1170. The molecule has 0 saturated carbocycles. The number of hydrogen-bond donors (Lipinski definition) is 0. The minimum Gasteiger partial charge on any atom is -0.870 e. The van der Waals surface area contributed by atoms with Gasteiger partial charge in [-0.05, 0) is 29.8 Å². The Balaban J connectivity index is 1.71. The van der Waals surface area contributed by atoms with Crippen molar-refractivity contribution in [3.8, 4) is 0 Å². The number of ketones is 1. The number of rotatable bonds is 5. The van der Waals surface area contributed by atoms with Crippen molar-refractivity contribution in [3.05, 3.63) is 95.0 Å². The van der Waals surface area contributed by atoms with Crippen LogP contribution in [-0.2, 0) is 6.54 Å². The van der Waals surface area contributed by atoms with E-state index in [1.807, 2.05) is 42.5 Å². The number of carbonyl (C=O) groups is 1. The first-order valence-electron chi connectivity index (χ1n) is 8.72. The van der Waals surface area contributed by atoms with Crippen LogP contribution in [0.5, 0.6) is 0 Å². The summed E-state index contributed by atoms with van der Waals surface area (Å²) in [5, 5.41) is 17.6. The Labute approximate surface area is 166 Å². The minimum atomic E-state index is -0.202. The molecule has 138 valence electrons. The van der Waals surface area contributed by atoms with Crippen LogP contribution in [-0.4, -0.2) is 15.7 Å². The Morgan fingerprint density at radius 1 is 0.964 bits per heavy atom. The van der Waals surface area contributed by atoms with E-state index in [0.717, 1.165) is 11.0 Å². The van der Waals surface area contributed by atoms with Gasteiger partial charge in [-0.2, -0.15) is 0 Å². The van der Waals surface area contributed by atoms with Crippen LogP contribution in [0.2, 0.25) is 5.02 Å². The first kappa shape index (κ1) is 17.9. The number of nitrogens with zero attached hydrogens (tertiary/aromatic N) is 3. The molecule has 1 heterocycles. The Kier molecular flexibility index (Phi) is 4.91. The number of para-hydroxylation sites is 2. The Morgan fingerprint density at radius 2 is 1.64 bits per heavy atom. The highest BCUT2D eigenvalue weighted by Crippen LogP contribution is 2.16. The van der Waals surface area contributed by atoms with Gasteiger partial charge in [-0.3, -0.25) is 4.79 Å². The monoisotopic (exact) mass is 389 g/mol. The van der Waals surface area contributed by atoms with E-state index >= 15 is 0 Å². The number of aromatic nitrogens is 3. The fraction of sp³-hybridized carbons (Fsp3) is 0.0455. The zero-order valence-corrected chi connectivity index (χ0v) is 15.6. The van der Waals surface area contributed by atoms with E-state index in [4.69, 9.17) is 11.6 Å². The first-order chi connectivity index (χ1) is 13.6. The summed E-state index contributed by atoms with van der Waals surface area (Å²) in [5.74, 6) is -0.253. The van der Waals surface area contributed by atoms with Crippen LogP contribution in [0, 0.1) is 0 Å². The summed E-state index contributed by atoms with van der Waals surface area (Å²) in [4.78, 5) is 12.6. The highest BCUT2D eigenvalue weighted by Gasteiger charge is 2.19. The van der Waals surface area contributed by atoms with E-state index in [0.29, 0.717) is 16.1 Å². The molecule has 0 N–H and O–H groups in total. The van der Waals surface area contributed by atoms with Gasteiger partial charge in [-0.25, -0.2) is 0 Å². The smallest absolute Gasteiger partial charge is 0.206 e. The molecule has 4 rings (SSSR count).